The number of hydrogen-bond donors (Lipinski definition) is 2. The fourth-order valence-electron chi connectivity index (χ4n) is 1.73. The molecule has 0 amide bonds. The summed E-state index contributed by atoms with van der Waals surface area (Å²) in [6.07, 6.45) is 5.26. The van der Waals surface area contributed by atoms with Crippen LogP contribution in [0.25, 0.3) is 0 Å². The SMILES string of the molecule is CC(CCC1CC1)Nc1cc(Cl)nc(N)n1. The molecule has 5 heteroatoms. The average Bonchev–Trinajstić information content (AvgIpc) is 2.96. The van der Waals surface area contributed by atoms with Crippen LogP contribution in [0.4, 0.5) is 11.8 Å². The lowest BCUT2D eigenvalue weighted by atomic mass is 10.1. The third-order valence-electron chi connectivity index (χ3n) is 2.81. The normalized spacial score (nSPS) is 17.1. The summed E-state index contributed by atoms with van der Waals surface area (Å²) in [5.74, 6) is 1.88. The number of aromatic nitrogens is 2. The van der Waals surface area contributed by atoms with Gasteiger partial charge >= 0.3 is 0 Å². The van der Waals surface area contributed by atoms with E-state index in [4.69, 9.17) is 17.3 Å². The van der Waals surface area contributed by atoms with Gasteiger partial charge in [0.1, 0.15) is 11.0 Å². The van der Waals surface area contributed by atoms with Gasteiger partial charge in [0, 0.05) is 12.1 Å². The van der Waals surface area contributed by atoms with Crippen LogP contribution >= 0.6 is 11.6 Å². The molecule has 2 rings (SSSR count). The summed E-state index contributed by atoms with van der Waals surface area (Å²) < 4.78 is 0. The first-order valence-corrected chi connectivity index (χ1v) is 6.08. The second-order valence-corrected chi connectivity index (χ2v) is 4.89. The van der Waals surface area contributed by atoms with Crippen molar-refractivity contribution in [2.45, 2.75) is 38.6 Å². The Kier molecular flexibility index (Phi) is 3.49. The molecule has 0 bridgehead atoms. The van der Waals surface area contributed by atoms with Gasteiger partial charge in [-0.3, -0.25) is 0 Å². The van der Waals surface area contributed by atoms with Crippen LogP contribution in [-0.4, -0.2) is 16.0 Å². The lowest BCUT2D eigenvalue weighted by molar-refractivity contribution is 0.609. The highest BCUT2D eigenvalue weighted by Crippen LogP contribution is 2.34. The van der Waals surface area contributed by atoms with E-state index in [1.165, 1.54) is 19.3 Å². The van der Waals surface area contributed by atoms with Crippen LogP contribution in [0.1, 0.15) is 32.6 Å². The molecule has 1 aromatic heterocycles. The van der Waals surface area contributed by atoms with Gasteiger partial charge in [-0.15, -0.1) is 0 Å². The van der Waals surface area contributed by atoms with Crippen molar-refractivity contribution in [3.05, 3.63) is 11.2 Å². The number of nitrogens with two attached hydrogens (primary N) is 1. The van der Waals surface area contributed by atoms with Gasteiger partial charge in [0.15, 0.2) is 0 Å². The summed E-state index contributed by atoms with van der Waals surface area (Å²) in [5.41, 5.74) is 5.52. The largest absolute Gasteiger partial charge is 0.368 e. The molecule has 1 atom stereocenters. The van der Waals surface area contributed by atoms with Gasteiger partial charge in [-0.1, -0.05) is 24.4 Å². The van der Waals surface area contributed by atoms with E-state index in [1.54, 1.807) is 6.07 Å². The molecule has 16 heavy (non-hydrogen) atoms. The topological polar surface area (TPSA) is 63.8 Å². The molecule has 4 nitrogen and oxygen atoms in total. The zero-order chi connectivity index (χ0) is 11.5. The van der Waals surface area contributed by atoms with Crippen molar-refractivity contribution in [1.82, 2.24) is 9.97 Å². The molecule has 3 N–H and O–H groups in total. The third-order valence-corrected chi connectivity index (χ3v) is 3.00. The maximum absolute atomic E-state index is 5.80. The first-order valence-electron chi connectivity index (χ1n) is 5.70. The molecule has 1 heterocycles. The number of nitrogen functional groups attached to an aromatic ring is 1. The van der Waals surface area contributed by atoms with Crippen molar-refractivity contribution in [2.75, 3.05) is 11.1 Å². The minimum atomic E-state index is 0.212. The molecule has 1 aliphatic carbocycles. The van der Waals surface area contributed by atoms with Crippen LogP contribution in [0, 0.1) is 5.92 Å². The molecule has 0 spiro atoms. The van der Waals surface area contributed by atoms with Crippen LogP contribution in [0.15, 0.2) is 6.07 Å². The zero-order valence-electron chi connectivity index (χ0n) is 9.41. The lowest BCUT2D eigenvalue weighted by Crippen LogP contribution is -2.16. The minimum Gasteiger partial charge on any atom is -0.368 e. The molecule has 0 radical (unpaired) electrons. The maximum Gasteiger partial charge on any atom is 0.223 e. The molecule has 0 aliphatic heterocycles. The summed E-state index contributed by atoms with van der Waals surface area (Å²) in [6.45, 7) is 2.15. The highest BCUT2D eigenvalue weighted by molar-refractivity contribution is 6.29. The van der Waals surface area contributed by atoms with Crippen molar-refractivity contribution in [3.8, 4) is 0 Å². The standard InChI is InChI=1S/C11H17ClN4/c1-7(2-3-8-4-5-8)14-10-6-9(12)15-11(13)16-10/h6-8H,2-5H2,1H3,(H3,13,14,15,16). The van der Waals surface area contributed by atoms with E-state index >= 15 is 0 Å². The Labute approximate surface area is 101 Å². The van der Waals surface area contributed by atoms with E-state index in [0.717, 1.165) is 12.3 Å². The number of hydrogen-bond acceptors (Lipinski definition) is 4. The summed E-state index contributed by atoms with van der Waals surface area (Å²) in [4.78, 5) is 7.91. The van der Waals surface area contributed by atoms with Crippen molar-refractivity contribution in [3.63, 3.8) is 0 Å². The van der Waals surface area contributed by atoms with E-state index in [2.05, 4.69) is 22.2 Å². The number of nitrogens with one attached hydrogen (secondary N) is 1. The lowest BCUT2D eigenvalue weighted by Gasteiger charge is -2.14. The first kappa shape index (κ1) is 11.5. The molecule has 0 saturated heterocycles. The molecule has 88 valence electrons. The monoisotopic (exact) mass is 240 g/mol. The van der Waals surface area contributed by atoms with Crippen molar-refractivity contribution < 1.29 is 0 Å². The molecule has 1 saturated carbocycles. The van der Waals surface area contributed by atoms with E-state index in [0.29, 0.717) is 17.0 Å². The van der Waals surface area contributed by atoms with Gasteiger partial charge in [0.05, 0.1) is 0 Å². The van der Waals surface area contributed by atoms with Crippen LogP contribution in [0.2, 0.25) is 5.15 Å². The Bertz CT molecular complexity index is 345. The molecule has 0 aromatic carbocycles. The first-order chi connectivity index (χ1) is 7.63. The summed E-state index contributed by atoms with van der Waals surface area (Å²) in [6, 6.07) is 2.09. The van der Waals surface area contributed by atoms with Crippen LogP contribution in [-0.2, 0) is 0 Å². The molecular weight excluding hydrogens is 224 g/mol. The van der Waals surface area contributed by atoms with E-state index in [9.17, 15) is 0 Å². The van der Waals surface area contributed by atoms with E-state index in [1.807, 2.05) is 0 Å². The van der Waals surface area contributed by atoms with E-state index in [-0.39, 0.29) is 5.95 Å². The van der Waals surface area contributed by atoms with Gasteiger partial charge in [0.25, 0.3) is 0 Å². The molecular formula is C11H17ClN4. The smallest absolute Gasteiger partial charge is 0.223 e. The number of rotatable bonds is 5. The van der Waals surface area contributed by atoms with Crippen molar-refractivity contribution >= 4 is 23.4 Å². The Balaban J connectivity index is 1.86. The van der Waals surface area contributed by atoms with Crippen LogP contribution in [0.3, 0.4) is 0 Å². The maximum atomic E-state index is 5.80. The Morgan fingerprint density at radius 1 is 1.56 bits per heavy atom. The summed E-state index contributed by atoms with van der Waals surface area (Å²) in [5, 5.41) is 3.67. The quantitative estimate of drug-likeness (QED) is 0.777. The molecule has 1 fully saturated rings. The van der Waals surface area contributed by atoms with Gasteiger partial charge in [-0.05, 0) is 25.7 Å². The molecule has 1 aromatic rings. The Morgan fingerprint density at radius 3 is 2.94 bits per heavy atom. The Hall–Kier alpha value is -1.03. The van der Waals surface area contributed by atoms with Crippen LogP contribution in [0.5, 0.6) is 0 Å². The van der Waals surface area contributed by atoms with Crippen molar-refractivity contribution in [1.29, 1.82) is 0 Å². The van der Waals surface area contributed by atoms with Gasteiger partial charge in [-0.2, -0.15) is 4.98 Å². The summed E-state index contributed by atoms with van der Waals surface area (Å²) in [7, 11) is 0. The van der Waals surface area contributed by atoms with Gasteiger partial charge < -0.3 is 11.1 Å². The zero-order valence-corrected chi connectivity index (χ0v) is 10.2. The second-order valence-electron chi connectivity index (χ2n) is 4.50. The Morgan fingerprint density at radius 2 is 2.31 bits per heavy atom. The predicted octanol–water partition coefficient (Wildman–Crippen LogP) is 2.70. The fraction of sp³-hybridized carbons (Fsp3) is 0.636. The molecule has 1 aliphatic rings. The molecule has 1 unspecified atom stereocenters. The highest BCUT2D eigenvalue weighted by atomic mass is 35.5. The number of nitrogens with zero attached hydrogens (tertiary/aromatic N) is 2. The van der Waals surface area contributed by atoms with Gasteiger partial charge in [0.2, 0.25) is 5.95 Å². The van der Waals surface area contributed by atoms with Gasteiger partial charge in [-0.25, -0.2) is 4.98 Å². The third kappa shape index (κ3) is 3.52. The van der Waals surface area contributed by atoms with E-state index < -0.39 is 0 Å². The van der Waals surface area contributed by atoms with Crippen LogP contribution < -0.4 is 11.1 Å². The highest BCUT2D eigenvalue weighted by Gasteiger charge is 2.21. The second kappa shape index (κ2) is 4.87. The average molecular weight is 241 g/mol. The number of anilines is 2. The predicted molar refractivity (Wildman–Crippen MR) is 66.5 cm³/mol. The number of halogens is 1. The minimum absolute atomic E-state index is 0.212. The fourth-order valence-corrected chi connectivity index (χ4v) is 1.92. The van der Waals surface area contributed by atoms with Crippen molar-refractivity contribution in [2.24, 2.45) is 5.92 Å². The summed E-state index contributed by atoms with van der Waals surface area (Å²) >= 11 is 5.80.